The highest BCUT2D eigenvalue weighted by molar-refractivity contribution is 6.20. The standard InChI is InChI=1S/C34H22N2/c1-2-10-27(11-3-1)35-19-18-26-20-25-15-17-30-29-12-6-7-13-32(29)36(34(30)31(25)22-33(26)35)28-16-14-23-8-4-5-9-24(23)21-28/h1-22H. The molecular formula is C34H22N2. The summed E-state index contributed by atoms with van der Waals surface area (Å²) in [5.74, 6) is 0. The van der Waals surface area contributed by atoms with Crippen LogP contribution in [0.2, 0.25) is 0 Å². The van der Waals surface area contributed by atoms with Crippen LogP contribution < -0.4 is 0 Å². The second-order valence-corrected chi connectivity index (χ2v) is 9.50. The number of aromatic nitrogens is 2. The van der Waals surface area contributed by atoms with Crippen LogP contribution in [0.5, 0.6) is 0 Å². The minimum absolute atomic E-state index is 1.18. The van der Waals surface area contributed by atoms with E-state index < -0.39 is 0 Å². The molecule has 0 fully saturated rings. The van der Waals surface area contributed by atoms with E-state index in [0.717, 1.165) is 0 Å². The van der Waals surface area contributed by atoms with Crippen molar-refractivity contribution in [3.8, 4) is 11.4 Å². The Kier molecular flexibility index (Phi) is 3.97. The minimum atomic E-state index is 1.18. The number of nitrogens with zero attached hydrogens (tertiary/aromatic N) is 2. The van der Waals surface area contributed by atoms with Crippen molar-refractivity contribution in [1.82, 2.24) is 9.13 Å². The maximum absolute atomic E-state index is 2.45. The predicted octanol–water partition coefficient (Wildman–Crippen LogP) is 9.03. The summed E-state index contributed by atoms with van der Waals surface area (Å²) in [5, 5.41) is 8.84. The molecule has 0 spiro atoms. The van der Waals surface area contributed by atoms with Crippen molar-refractivity contribution in [1.29, 1.82) is 0 Å². The minimum Gasteiger partial charge on any atom is -0.317 e. The molecule has 0 bridgehead atoms. The Morgan fingerprint density at radius 3 is 2.08 bits per heavy atom. The molecule has 0 amide bonds. The SMILES string of the molecule is c1ccc(-n2ccc3cc4ccc5c6ccccc6n(-c6ccc7ccccc7c6)c5c4cc32)cc1. The Morgan fingerprint density at radius 2 is 1.17 bits per heavy atom. The average Bonchev–Trinajstić information content (AvgIpc) is 3.51. The fourth-order valence-electron chi connectivity index (χ4n) is 5.81. The topological polar surface area (TPSA) is 9.86 Å². The smallest absolute Gasteiger partial charge is 0.0620 e. The molecule has 36 heavy (non-hydrogen) atoms. The van der Waals surface area contributed by atoms with E-state index in [2.05, 4.69) is 143 Å². The Labute approximate surface area is 208 Å². The highest BCUT2D eigenvalue weighted by Crippen LogP contribution is 2.38. The van der Waals surface area contributed by atoms with Gasteiger partial charge in [-0.15, -0.1) is 0 Å². The summed E-state index contributed by atoms with van der Waals surface area (Å²) in [5.41, 5.74) is 6.07. The van der Waals surface area contributed by atoms with Crippen molar-refractivity contribution in [2.45, 2.75) is 0 Å². The highest BCUT2D eigenvalue weighted by atomic mass is 15.0. The van der Waals surface area contributed by atoms with Gasteiger partial charge < -0.3 is 9.13 Å². The molecule has 0 atom stereocenters. The van der Waals surface area contributed by atoms with Gasteiger partial charge in [-0.3, -0.25) is 0 Å². The molecule has 0 unspecified atom stereocenters. The summed E-state index contributed by atoms with van der Waals surface area (Å²) >= 11 is 0. The Bertz CT molecular complexity index is 2090. The fraction of sp³-hybridized carbons (Fsp3) is 0. The second-order valence-electron chi connectivity index (χ2n) is 9.50. The van der Waals surface area contributed by atoms with Crippen LogP contribution in [0.15, 0.2) is 134 Å². The van der Waals surface area contributed by atoms with Gasteiger partial charge in [0, 0.05) is 39.1 Å². The quantitative estimate of drug-likeness (QED) is 0.244. The molecule has 0 N–H and O–H groups in total. The third-order valence-corrected chi connectivity index (χ3v) is 7.49. The van der Waals surface area contributed by atoms with E-state index in [9.17, 15) is 0 Å². The van der Waals surface area contributed by atoms with E-state index in [4.69, 9.17) is 0 Å². The summed E-state index contributed by atoms with van der Waals surface area (Å²) < 4.78 is 4.73. The molecule has 8 rings (SSSR count). The Balaban J connectivity index is 1.52. The van der Waals surface area contributed by atoms with Crippen LogP contribution in [0, 0.1) is 0 Å². The van der Waals surface area contributed by atoms with Crippen molar-refractivity contribution in [3.63, 3.8) is 0 Å². The number of rotatable bonds is 2. The summed E-state index contributed by atoms with van der Waals surface area (Å²) in [6.45, 7) is 0. The summed E-state index contributed by atoms with van der Waals surface area (Å²) in [6.07, 6.45) is 2.18. The zero-order valence-corrected chi connectivity index (χ0v) is 19.6. The zero-order valence-electron chi connectivity index (χ0n) is 19.6. The lowest BCUT2D eigenvalue weighted by atomic mass is 10.0. The van der Waals surface area contributed by atoms with E-state index >= 15 is 0 Å². The van der Waals surface area contributed by atoms with Crippen LogP contribution in [-0.2, 0) is 0 Å². The maximum Gasteiger partial charge on any atom is 0.0620 e. The molecule has 2 nitrogen and oxygen atoms in total. The molecule has 0 aliphatic rings. The molecule has 0 saturated heterocycles. The summed E-state index contributed by atoms with van der Waals surface area (Å²) in [4.78, 5) is 0. The van der Waals surface area contributed by atoms with Crippen LogP contribution in [0.25, 0.3) is 65.6 Å². The Hall–Kier alpha value is -4.82. The molecule has 6 aromatic carbocycles. The number of hydrogen-bond donors (Lipinski definition) is 0. The van der Waals surface area contributed by atoms with Gasteiger partial charge >= 0.3 is 0 Å². The first kappa shape index (κ1) is 19.5. The monoisotopic (exact) mass is 458 g/mol. The molecule has 2 aromatic heterocycles. The maximum atomic E-state index is 2.45. The van der Waals surface area contributed by atoms with E-state index in [1.807, 2.05) is 0 Å². The van der Waals surface area contributed by atoms with Crippen LogP contribution in [0.1, 0.15) is 0 Å². The van der Waals surface area contributed by atoms with Gasteiger partial charge in [0.25, 0.3) is 0 Å². The van der Waals surface area contributed by atoms with Crippen molar-refractivity contribution >= 4 is 54.3 Å². The highest BCUT2D eigenvalue weighted by Gasteiger charge is 2.16. The van der Waals surface area contributed by atoms with Gasteiger partial charge in [-0.1, -0.05) is 78.9 Å². The lowest BCUT2D eigenvalue weighted by Gasteiger charge is -2.12. The number of benzene rings is 6. The third-order valence-electron chi connectivity index (χ3n) is 7.49. The molecule has 0 radical (unpaired) electrons. The van der Waals surface area contributed by atoms with Crippen LogP contribution >= 0.6 is 0 Å². The third kappa shape index (κ3) is 2.73. The number of hydrogen-bond acceptors (Lipinski definition) is 0. The average molecular weight is 459 g/mol. The van der Waals surface area contributed by atoms with Gasteiger partial charge in [-0.25, -0.2) is 0 Å². The molecular weight excluding hydrogens is 436 g/mol. The van der Waals surface area contributed by atoms with Gasteiger partial charge in [0.1, 0.15) is 0 Å². The molecule has 8 aromatic rings. The first-order valence-corrected chi connectivity index (χ1v) is 12.4. The van der Waals surface area contributed by atoms with Crippen LogP contribution in [0.3, 0.4) is 0 Å². The van der Waals surface area contributed by atoms with E-state index in [1.165, 1.54) is 65.6 Å². The van der Waals surface area contributed by atoms with Crippen molar-refractivity contribution in [2.75, 3.05) is 0 Å². The lowest BCUT2D eigenvalue weighted by Crippen LogP contribution is -1.95. The fourth-order valence-corrected chi connectivity index (χ4v) is 5.81. The van der Waals surface area contributed by atoms with Crippen LogP contribution in [0.4, 0.5) is 0 Å². The normalized spacial score (nSPS) is 11.9. The van der Waals surface area contributed by atoms with Gasteiger partial charge in [0.2, 0.25) is 0 Å². The molecule has 2 heteroatoms. The summed E-state index contributed by atoms with van der Waals surface area (Å²) in [6, 6.07) is 46.2. The van der Waals surface area contributed by atoms with Gasteiger partial charge in [-0.2, -0.15) is 0 Å². The van der Waals surface area contributed by atoms with Gasteiger partial charge in [-0.05, 0) is 64.7 Å². The van der Waals surface area contributed by atoms with Crippen molar-refractivity contribution < 1.29 is 0 Å². The molecule has 0 saturated carbocycles. The zero-order chi connectivity index (χ0) is 23.6. The van der Waals surface area contributed by atoms with Crippen molar-refractivity contribution in [2.24, 2.45) is 0 Å². The molecule has 2 heterocycles. The molecule has 0 aliphatic carbocycles. The first-order valence-electron chi connectivity index (χ1n) is 12.4. The van der Waals surface area contributed by atoms with Crippen molar-refractivity contribution in [3.05, 3.63) is 134 Å². The largest absolute Gasteiger partial charge is 0.317 e. The molecule has 0 aliphatic heterocycles. The van der Waals surface area contributed by atoms with Crippen LogP contribution in [-0.4, -0.2) is 9.13 Å². The lowest BCUT2D eigenvalue weighted by molar-refractivity contribution is 1.13. The summed E-state index contributed by atoms with van der Waals surface area (Å²) in [7, 11) is 0. The molecule has 168 valence electrons. The predicted molar refractivity (Wildman–Crippen MR) is 153 cm³/mol. The van der Waals surface area contributed by atoms with E-state index in [0.29, 0.717) is 0 Å². The Morgan fingerprint density at radius 1 is 0.389 bits per heavy atom. The number of para-hydroxylation sites is 2. The van der Waals surface area contributed by atoms with Gasteiger partial charge in [0.15, 0.2) is 0 Å². The number of fused-ring (bicyclic) bond motifs is 7. The first-order chi connectivity index (χ1) is 17.8. The van der Waals surface area contributed by atoms with Gasteiger partial charge in [0.05, 0.1) is 16.6 Å². The van der Waals surface area contributed by atoms with E-state index in [-0.39, 0.29) is 0 Å². The van der Waals surface area contributed by atoms with E-state index in [1.54, 1.807) is 0 Å². The second kappa shape index (κ2) is 7.34.